The maximum Gasteiger partial charge on any atom is 0.217 e. The first-order chi connectivity index (χ1) is 7.11. The summed E-state index contributed by atoms with van der Waals surface area (Å²) in [6.45, 7) is 1.37. The maximum absolute atomic E-state index is 10.8. The number of nitrogens with one attached hydrogen (secondary N) is 1. The van der Waals surface area contributed by atoms with Gasteiger partial charge in [0.1, 0.15) is 0 Å². The van der Waals surface area contributed by atoms with Gasteiger partial charge in [0.2, 0.25) is 5.91 Å². The van der Waals surface area contributed by atoms with Crippen molar-refractivity contribution in [3.8, 4) is 0 Å². The predicted molar refractivity (Wildman–Crippen MR) is 59.2 cm³/mol. The normalized spacial score (nSPS) is 12.1. The van der Waals surface area contributed by atoms with Crippen LogP contribution in [0.25, 0.3) is 0 Å². The van der Waals surface area contributed by atoms with Crippen LogP contribution in [0.15, 0.2) is 24.3 Å². The molecule has 0 aliphatic heterocycles. The number of carbonyl (C=O) groups is 1. The summed E-state index contributed by atoms with van der Waals surface area (Å²) in [6, 6.07) is 7.15. The molecule has 0 saturated carbocycles. The Bertz CT molecular complexity index is 322. The molecular formula is C11H16N2O2. The van der Waals surface area contributed by atoms with E-state index < -0.39 is 0 Å². The first-order valence-corrected chi connectivity index (χ1v) is 4.84. The highest BCUT2D eigenvalue weighted by Gasteiger charge is 2.08. The van der Waals surface area contributed by atoms with E-state index in [9.17, 15) is 4.79 Å². The number of rotatable bonds is 4. The van der Waals surface area contributed by atoms with Gasteiger partial charge < -0.3 is 16.2 Å². The fraction of sp³-hybridized carbons (Fsp3) is 0.364. The number of benzene rings is 1. The molecule has 1 aromatic carbocycles. The molecule has 0 heterocycles. The molecule has 0 saturated heterocycles. The van der Waals surface area contributed by atoms with Crippen molar-refractivity contribution >= 4 is 11.6 Å². The molecular weight excluding hydrogens is 192 g/mol. The highest BCUT2D eigenvalue weighted by Crippen LogP contribution is 2.07. The van der Waals surface area contributed by atoms with Gasteiger partial charge in [-0.15, -0.1) is 0 Å². The highest BCUT2D eigenvalue weighted by atomic mass is 16.3. The van der Waals surface area contributed by atoms with E-state index in [0.717, 1.165) is 5.56 Å². The summed E-state index contributed by atoms with van der Waals surface area (Å²) in [5, 5.41) is 11.7. The van der Waals surface area contributed by atoms with Crippen LogP contribution >= 0.6 is 0 Å². The number of anilines is 1. The second kappa shape index (κ2) is 5.36. The van der Waals surface area contributed by atoms with Gasteiger partial charge in [0.05, 0.1) is 12.6 Å². The van der Waals surface area contributed by atoms with E-state index in [2.05, 4.69) is 5.32 Å². The zero-order chi connectivity index (χ0) is 11.3. The molecule has 4 nitrogen and oxygen atoms in total. The Morgan fingerprint density at radius 3 is 2.53 bits per heavy atom. The lowest BCUT2D eigenvalue weighted by molar-refractivity contribution is -0.119. The molecule has 0 aromatic heterocycles. The van der Waals surface area contributed by atoms with Gasteiger partial charge in [-0.3, -0.25) is 4.79 Å². The number of amides is 1. The first kappa shape index (κ1) is 11.5. The Kier molecular flexibility index (Phi) is 4.12. The van der Waals surface area contributed by atoms with E-state index in [4.69, 9.17) is 10.8 Å². The Balaban J connectivity index is 2.58. The van der Waals surface area contributed by atoms with Crippen molar-refractivity contribution < 1.29 is 9.90 Å². The molecule has 0 spiro atoms. The van der Waals surface area contributed by atoms with E-state index in [1.807, 2.05) is 12.1 Å². The maximum atomic E-state index is 10.8. The minimum Gasteiger partial charge on any atom is -0.399 e. The van der Waals surface area contributed by atoms with Crippen LogP contribution in [-0.2, 0) is 11.2 Å². The van der Waals surface area contributed by atoms with Gasteiger partial charge in [-0.25, -0.2) is 0 Å². The van der Waals surface area contributed by atoms with Gasteiger partial charge in [-0.2, -0.15) is 0 Å². The van der Waals surface area contributed by atoms with Crippen LogP contribution in [0.4, 0.5) is 5.69 Å². The molecule has 1 rings (SSSR count). The number of aliphatic hydroxyl groups excluding tert-OH is 1. The van der Waals surface area contributed by atoms with Crippen molar-refractivity contribution in [2.75, 3.05) is 12.3 Å². The summed E-state index contributed by atoms with van der Waals surface area (Å²) >= 11 is 0. The number of nitrogens with two attached hydrogens (primary N) is 1. The SMILES string of the molecule is CC(=O)N[C@H](CO)Cc1ccc(N)cc1. The monoisotopic (exact) mass is 208 g/mol. The first-order valence-electron chi connectivity index (χ1n) is 4.84. The number of hydrogen-bond donors (Lipinski definition) is 3. The van der Waals surface area contributed by atoms with Crippen LogP contribution in [-0.4, -0.2) is 23.7 Å². The van der Waals surface area contributed by atoms with Gasteiger partial charge in [0, 0.05) is 12.6 Å². The third-order valence-electron chi connectivity index (χ3n) is 2.09. The largest absolute Gasteiger partial charge is 0.399 e. The zero-order valence-corrected chi connectivity index (χ0v) is 8.73. The van der Waals surface area contributed by atoms with Crippen molar-refractivity contribution in [1.29, 1.82) is 0 Å². The summed E-state index contributed by atoms with van der Waals surface area (Å²) in [7, 11) is 0. The molecule has 4 heteroatoms. The Morgan fingerprint density at radius 2 is 2.07 bits per heavy atom. The van der Waals surface area contributed by atoms with Crippen molar-refractivity contribution in [3.63, 3.8) is 0 Å². The van der Waals surface area contributed by atoms with Crippen LogP contribution in [0.3, 0.4) is 0 Å². The molecule has 0 aliphatic carbocycles. The van der Waals surface area contributed by atoms with Gasteiger partial charge in [-0.1, -0.05) is 12.1 Å². The third kappa shape index (κ3) is 3.99. The number of carbonyl (C=O) groups excluding carboxylic acids is 1. The van der Waals surface area contributed by atoms with Crippen molar-refractivity contribution in [2.24, 2.45) is 0 Å². The van der Waals surface area contributed by atoms with Crippen LogP contribution in [0, 0.1) is 0 Å². The number of nitrogen functional groups attached to an aromatic ring is 1. The van der Waals surface area contributed by atoms with E-state index in [-0.39, 0.29) is 18.6 Å². The van der Waals surface area contributed by atoms with Gasteiger partial charge in [0.15, 0.2) is 0 Å². The summed E-state index contributed by atoms with van der Waals surface area (Å²) in [6.07, 6.45) is 0.607. The predicted octanol–water partition coefficient (Wildman–Crippen LogP) is 0.308. The lowest BCUT2D eigenvalue weighted by Crippen LogP contribution is -2.37. The number of hydrogen-bond acceptors (Lipinski definition) is 3. The average Bonchev–Trinajstić information content (AvgIpc) is 2.19. The lowest BCUT2D eigenvalue weighted by Gasteiger charge is -2.14. The fourth-order valence-electron chi connectivity index (χ4n) is 1.39. The molecule has 1 amide bonds. The Labute approximate surface area is 89.1 Å². The van der Waals surface area contributed by atoms with Crippen molar-refractivity contribution in [3.05, 3.63) is 29.8 Å². The van der Waals surface area contributed by atoms with Crippen LogP contribution in [0.5, 0.6) is 0 Å². The fourth-order valence-corrected chi connectivity index (χ4v) is 1.39. The molecule has 4 N–H and O–H groups in total. The van der Waals surface area contributed by atoms with E-state index in [1.165, 1.54) is 6.92 Å². The van der Waals surface area contributed by atoms with E-state index >= 15 is 0 Å². The van der Waals surface area contributed by atoms with E-state index in [1.54, 1.807) is 12.1 Å². The molecule has 1 atom stereocenters. The molecule has 0 unspecified atom stereocenters. The zero-order valence-electron chi connectivity index (χ0n) is 8.73. The molecule has 15 heavy (non-hydrogen) atoms. The molecule has 0 fully saturated rings. The second-order valence-electron chi connectivity index (χ2n) is 3.53. The summed E-state index contributed by atoms with van der Waals surface area (Å²) in [5.41, 5.74) is 7.30. The molecule has 0 radical (unpaired) electrons. The lowest BCUT2D eigenvalue weighted by atomic mass is 10.1. The minimum atomic E-state index is -0.230. The second-order valence-corrected chi connectivity index (χ2v) is 3.53. The van der Waals surface area contributed by atoms with Crippen LogP contribution in [0.1, 0.15) is 12.5 Å². The average molecular weight is 208 g/mol. The highest BCUT2D eigenvalue weighted by molar-refractivity contribution is 5.73. The molecule has 0 bridgehead atoms. The molecule has 0 aliphatic rings. The smallest absolute Gasteiger partial charge is 0.217 e. The quantitative estimate of drug-likeness (QED) is 0.623. The minimum absolute atomic E-state index is 0.0655. The Hall–Kier alpha value is -1.55. The van der Waals surface area contributed by atoms with Gasteiger partial charge in [-0.05, 0) is 24.1 Å². The van der Waals surface area contributed by atoms with Gasteiger partial charge >= 0.3 is 0 Å². The standard InChI is InChI=1S/C11H16N2O2/c1-8(15)13-11(7-14)6-9-2-4-10(12)5-3-9/h2-5,11,14H,6-7,12H2,1H3,(H,13,15)/t11-/m0/s1. The Morgan fingerprint density at radius 1 is 1.47 bits per heavy atom. The molecule has 82 valence electrons. The van der Waals surface area contributed by atoms with Crippen LogP contribution in [0.2, 0.25) is 0 Å². The van der Waals surface area contributed by atoms with Crippen LogP contribution < -0.4 is 11.1 Å². The van der Waals surface area contributed by atoms with Crippen molar-refractivity contribution in [2.45, 2.75) is 19.4 Å². The topological polar surface area (TPSA) is 75.3 Å². The van der Waals surface area contributed by atoms with Gasteiger partial charge in [0.25, 0.3) is 0 Å². The third-order valence-corrected chi connectivity index (χ3v) is 2.09. The molecule has 1 aromatic rings. The van der Waals surface area contributed by atoms with Crippen molar-refractivity contribution in [1.82, 2.24) is 5.32 Å². The van der Waals surface area contributed by atoms with E-state index in [0.29, 0.717) is 12.1 Å². The summed E-state index contributed by atoms with van der Waals surface area (Å²) in [5.74, 6) is -0.135. The summed E-state index contributed by atoms with van der Waals surface area (Å²) in [4.78, 5) is 10.8. The number of aliphatic hydroxyl groups is 1. The summed E-state index contributed by atoms with van der Waals surface area (Å²) < 4.78 is 0.